The molecule has 3 rings (SSSR count). The highest BCUT2D eigenvalue weighted by molar-refractivity contribution is 6.05. The number of ether oxygens (including phenoxy) is 2. The lowest BCUT2D eigenvalue weighted by Crippen LogP contribution is -2.27. The number of carbonyl (C=O) groups excluding carboxylic acids is 3. The quantitative estimate of drug-likeness (QED) is 0.319. The highest BCUT2D eigenvalue weighted by Crippen LogP contribution is 2.28. The summed E-state index contributed by atoms with van der Waals surface area (Å²) in [7, 11) is 3.56. The van der Waals surface area contributed by atoms with Crippen molar-refractivity contribution in [1.29, 1.82) is 0 Å². The van der Waals surface area contributed by atoms with Crippen molar-refractivity contribution in [3.8, 4) is 0 Å². The van der Waals surface area contributed by atoms with Gasteiger partial charge in [0, 0.05) is 12.1 Å². The topological polar surface area (TPSA) is 97.0 Å². The van der Waals surface area contributed by atoms with E-state index in [4.69, 9.17) is 9.47 Å². The summed E-state index contributed by atoms with van der Waals surface area (Å²) in [5.41, 5.74) is 1.98. The van der Waals surface area contributed by atoms with Gasteiger partial charge in [-0.3, -0.25) is 14.9 Å². The number of esters is 1. The summed E-state index contributed by atoms with van der Waals surface area (Å²) in [5.74, 6) is -0.892. The third-order valence-electron chi connectivity index (χ3n) is 6.53. The van der Waals surface area contributed by atoms with Crippen LogP contribution in [0.3, 0.4) is 0 Å². The van der Waals surface area contributed by atoms with Gasteiger partial charge in [0.1, 0.15) is 5.60 Å². The number of likely N-dealkylation sites (tertiary alicyclic amines) is 1. The van der Waals surface area contributed by atoms with Crippen LogP contribution in [0.25, 0.3) is 6.08 Å². The smallest absolute Gasteiger partial charge is 0.412 e. The number of benzene rings is 2. The first-order chi connectivity index (χ1) is 18.1. The molecule has 1 saturated heterocycles. The summed E-state index contributed by atoms with van der Waals surface area (Å²) in [6, 6.07) is 15.0. The minimum Gasteiger partial charge on any atom is -0.469 e. The van der Waals surface area contributed by atoms with Gasteiger partial charge in [-0.25, -0.2) is 4.79 Å². The van der Waals surface area contributed by atoms with Crippen LogP contribution in [0.5, 0.6) is 0 Å². The summed E-state index contributed by atoms with van der Waals surface area (Å²) in [5, 5.41) is 5.45. The standard InChI is InChI=1S/C30H39N3O5/c1-30(2,3)38-29(36)32-26-11-7-6-10-25(26)31-27(34)19-14-21-12-15-22(16-13-21)24(28(35)37-5)18-17-23-9-8-20-33(23)4/h6-7,10-16,19,23-24H,8-9,17-18,20H2,1-5H3,(H,31,34)(H,32,36)/b19-14+. The van der Waals surface area contributed by atoms with Crippen molar-refractivity contribution in [2.24, 2.45) is 0 Å². The molecule has 1 aliphatic rings. The van der Waals surface area contributed by atoms with Gasteiger partial charge in [0.25, 0.3) is 0 Å². The minimum atomic E-state index is -0.635. The Morgan fingerprint density at radius 3 is 2.29 bits per heavy atom. The van der Waals surface area contributed by atoms with Crippen LogP contribution in [0, 0.1) is 0 Å². The molecule has 2 unspecified atom stereocenters. The first-order valence-electron chi connectivity index (χ1n) is 13.0. The number of carbonyl (C=O) groups is 3. The predicted molar refractivity (Wildman–Crippen MR) is 150 cm³/mol. The second-order valence-electron chi connectivity index (χ2n) is 10.6. The van der Waals surface area contributed by atoms with Crippen molar-refractivity contribution in [1.82, 2.24) is 4.90 Å². The van der Waals surface area contributed by atoms with Gasteiger partial charge in [-0.05, 0) is 89.4 Å². The minimum absolute atomic E-state index is 0.230. The molecule has 8 heteroatoms. The maximum absolute atomic E-state index is 12.6. The first kappa shape index (κ1) is 28.9. The van der Waals surface area contributed by atoms with Crippen molar-refractivity contribution in [3.63, 3.8) is 0 Å². The van der Waals surface area contributed by atoms with Crippen molar-refractivity contribution in [2.75, 3.05) is 31.3 Å². The number of nitrogens with one attached hydrogen (secondary N) is 2. The maximum Gasteiger partial charge on any atom is 0.412 e. The normalized spacial score (nSPS) is 16.7. The molecule has 38 heavy (non-hydrogen) atoms. The van der Waals surface area contributed by atoms with Gasteiger partial charge in [0.15, 0.2) is 0 Å². The molecule has 1 fully saturated rings. The SMILES string of the molecule is COC(=O)C(CCC1CCCN1C)c1ccc(/C=C/C(=O)Nc2ccccc2NC(=O)OC(C)(C)C)cc1. The zero-order chi connectivity index (χ0) is 27.7. The fourth-order valence-electron chi connectivity index (χ4n) is 4.57. The lowest BCUT2D eigenvalue weighted by Gasteiger charge is -2.22. The number of para-hydroxylation sites is 2. The van der Waals surface area contributed by atoms with E-state index in [0.717, 1.165) is 36.9 Å². The molecule has 8 nitrogen and oxygen atoms in total. The molecule has 0 saturated carbocycles. The summed E-state index contributed by atoms with van der Waals surface area (Å²) < 4.78 is 10.4. The van der Waals surface area contributed by atoms with Gasteiger partial charge in [-0.2, -0.15) is 0 Å². The van der Waals surface area contributed by atoms with Crippen molar-refractivity contribution in [3.05, 3.63) is 65.7 Å². The molecule has 204 valence electrons. The van der Waals surface area contributed by atoms with E-state index in [9.17, 15) is 14.4 Å². The molecule has 2 aromatic rings. The lowest BCUT2D eigenvalue weighted by molar-refractivity contribution is -0.142. The summed E-state index contributed by atoms with van der Waals surface area (Å²) in [4.78, 5) is 39.6. The Labute approximate surface area is 225 Å². The van der Waals surface area contributed by atoms with Gasteiger partial charge in [0.05, 0.1) is 24.4 Å². The van der Waals surface area contributed by atoms with Crippen LogP contribution in [-0.2, 0) is 19.1 Å². The zero-order valence-electron chi connectivity index (χ0n) is 23.0. The van der Waals surface area contributed by atoms with E-state index >= 15 is 0 Å². The van der Waals surface area contributed by atoms with Crippen LogP contribution in [0.2, 0.25) is 0 Å². The highest BCUT2D eigenvalue weighted by atomic mass is 16.6. The van der Waals surface area contributed by atoms with Gasteiger partial charge in [-0.1, -0.05) is 36.4 Å². The van der Waals surface area contributed by atoms with Gasteiger partial charge in [-0.15, -0.1) is 0 Å². The molecule has 0 radical (unpaired) electrons. The molecule has 2 amide bonds. The molecule has 0 aliphatic carbocycles. The fraction of sp³-hybridized carbons (Fsp3) is 0.433. The van der Waals surface area contributed by atoms with Crippen molar-refractivity contribution in [2.45, 2.75) is 64.0 Å². The molecule has 2 aromatic carbocycles. The Kier molecular flexibility index (Phi) is 10.1. The number of rotatable bonds is 9. The molecule has 1 aliphatic heterocycles. The fourth-order valence-corrected chi connectivity index (χ4v) is 4.57. The van der Waals surface area contributed by atoms with Crippen molar-refractivity contribution >= 4 is 35.4 Å². The van der Waals surface area contributed by atoms with Gasteiger partial charge < -0.3 is 19.7 Å². The number of hydrogen-bond donors (Lipinski definition) is 2. The molecule has 0 aromatic heterocycles. The van der Waals surface area contributed by atoms with E-state index in [-0.39, 0.29) is 17.8 Å². The maximum atomic E-state index is 12.6. The average Bonchev–Trinajstić information content (AvgIpc) is 3.28. The predicted octanol–water partition coefficient (Wildman–Crippen LogP) is 5.82. The number of anilines is 2. The second-order valence-corrected chi connectivity index (χ2v) is 10.6. The molecule has 1 heterocycles. The van der Waals surface area contributed by atoms with E-state index < -0.39 is 11.7 Å². The summed E-state index contributed by atoms with van der Waals surface area (Å²) in [6.07, 6.45) is 6.56. The summed E-state index contributed by atoms with van der Waals surface area (Å²) >= 11 is 0. The number of methoxy groups -OCH3 is 1. The Balaban J connectivity index is 1.61. The zero-order valence-corrected chi connectivity index (χ0v) is 23.0. The van der Waals surface area contributed by atoms with Crippen LogP contribution in [-0.4, -0.2) is 55.2 Å². The van der Waals surface area contributed by atoms with Crippen LogP contribution < -0.4 is 10.6 Å². The van der Waals surface area contributed by atoms with E-state index in [0.29, 0.717) is 17.4 Å². The average molecular weight is 522 g/mol. The van der Waals surface area contributed by atoms with E-state index in [2.05, 4.69) is 22.6 Å². The Hall–Kier alpha value is -3.65. The monoisotopic (exact) mass is 521 g/mol. The van der Waals surface area contributed by atoms with Gasteiger partial charge >= 0.3 is 12.1 Å². The molecular formula is C30H39N3O5. The molecule has 0 spiro atoms. The van der Waals surface area contributed by atoms with Gasteiger partial charge in [0.2, 0.25) is 5.91 Å². The van der Waals surface area contributed by atoms with E-state index in [1.165, 1.54) is 19.6 Å². The highest BCUT2D eigenvalue weighted by Gasteiger charge is 2.26. The largest absolute Gasteiger partial charge is 0.469 e. The Morgan fingerprint density at radius 2 is 1.71 bits per heavy atom. The second kappa shape index (κ2) is 13.2. The van der Waals surface area contributed by atoms with Crippen LogP contribution >= 0.6 is 0 Å². The Morgan fingerprint density at radius 1 is 1.05 bits per heavy atom. The van der Waals surface area contributed by atoms with Crippen LogP contribution in [0.1, 0.15) is 63.5 Å². The molecule has 0 bridgehead atoms. The third-order valence-corrected chi connectivity index (χ3v) is 6.53. The van der Waals surface area contributed by atoms with Crippen LogP contribution in [0.4, 0.5) is 16.2 Å². The third kappa shape index (κ3) is 8.73. The van der Waals surface area contributed by atoms with E-state index in [1.54, 1.807) is 51.1 Å². The van der Waals surface area contributed by atoms with Crippen LogP contribution in [0.15, 0.2) is 54.6 Å². The molecule has 2 N–H and O–H groups in total. The molecular weight excluding hydrogens is 482 g/mol. The number of nitrogens with zero attached hydrogens (tertiary/aromatic N) is 1. The number of amides is 2. The van der Waals surface area contributed by atoms with E-state index in [1.807, 2.05) is 24.3 Å². The molecule has 2 atom stereocenters. The van der Waals surface area contributed by atoms with Crippen molar-refractivity contribution < 1.29 is 23.9 Å². The number of hydrogen-bond acceptors (Lipinski definition) is 6. The first-order valence-corrected chi connectivity index (χ1v) is 13.0. The summed E-state index contributed by atoms with van der Waals surface area (Å²) in [6.45, 7) is 6.45. The Bertz CT molecular complexity index is 1140. The lowest BCUT2D eigenvalue weighted by atomic mass is 9.91.